The van der Waals surface area contributed by atoms with Crippen LogP contribution in [0.1, 0.15) is 31.2 Å². The Balaban J connectivity index is 1.46. The first kappa shape index (κ1) is 18.2. The van der Waals surface area contributed by atoms with E-state index in [0.717, 1.165) is 24.8 Å². The maximum absolute atomic E-state index is 12.5. The van der Waals surface area contributed by atoms with Crippen molar-refractivity contribution in [2.45, 2.75) is 38.1 Å². The smallest absolute Gasteiger partial charge is 0.227 e. The third kappa shape index (κ3) is 4.73. The molecular weight excluding hydrogens is 338 g/mol. The van der Waals surface area contributed by atoms with Crippen LogP contribution in [0.5, 0.6) is 0 Å². The third-order valence-corrected chi connectivity index (χ3v) is 5.62. The zero-order valence-corrected chi connectivity index (χ0v) is 15.3. The summed E-state index contributed by atoms with van der Waals surface area (Å²) in [6.07, 6.45) is 4.13. The molecule has 1 saturated heterocycles. The Kier molecular flexibility index (Phi) is 5.97. The summed E-state index contributed by atoms with van der Waals surface area (Å²) in [5.74, 6) is 0.603. The molecule has 0 bridgehead atoms. The maximum Gasteiger partial charge on any atom is 0.227 e. The highest BCUT2D eigenvalue weighted by Crippen LogP contribution is 2.27. The normalized spacial score (nSPS) is 23.8. The molecule has 1 aliphatic heterocycles. The van der Waals surface area contributed by atoms with E-state index in [2.05, 4.69) is 0 Å². The molecule has 136 valence electrons. The molecule has 0 radical (unpaired) electrons. The molecule has 0 spiro atoms. The van der Waals surface area contributed by atoms with Gasteiger partial charge >= 0.3 is 0 Å². The van der Waals surface area contributed by atoms with Gasteiger partial charge in [-0.25, -0.2) is 0 Å². The Bertz CT molecular complexity index is 629. The molecule has 6 heteroatoms. The SMILES string of the molecule is N[C@@H]1CCC[C@H]1CC(=O)N1CCN(C(=O)Cc2cccc(Cl)c2)CC1. The molecule has 2 atom stereocenters. The fourth-order valence-electron chi connectivity index (χ4n) is 3.81. The zero-order chi connectivity index (χ0) is 17.8. The number of hydrogen-bond acceptors (Lipinski definition) is 3. The lowest BCUT2D eigenvalue weighted by Gasteiger charge is -2.35. The summed E-state index contributed by atoms with van der Waals surface area (Å²) in [5.41, 5.74) is 6.99. The molecule has 2 N–H and O–H groups in total. The van der Waals surface area contributed by atoms with E-state index in [9.17, 15) is 9.59 Å². The molecule has 0 unspecified atom stereocenters. The van der Waals surface area contributed by atoms with E-state index in [1.165, 1.54) is 0 Å². The van der Waals surface area contributed by atoms with Gasteiger partial charge in [-0.3, -0.25) is 9.59 Å². The van der Waals surface area contributed by atoms with Crippen molar-refractivity contribution in [1.82, 2.24) is 9.80 Å². The first-order chi connectivity index (χ1) is 12.0. The van der Waals surface area contributed by atoms with E-state index in [0.29, 0.717) is 50.0 Å². The van der Waals surface area contributed by atoms with Gasteiger partial charge in [-0.05, 0) is 36.5 Å². The Morgan fingerprint density at radius 2 is 1.76 bits per heavy atom. The van der Waals surface area contributed by atoms with Crippen molar-refractivity contribution in [3.05, 3.63) is 34.9 Å². The predicted octanol–water partition coefficient (Wildman–Crippen LogP) is 2.07. The largest absolute Gasteiger partial charge is 0.339 e. The average Bonchev–Trinajstić information content (AvgIpc) is 3.00. The summed E-state index contributed by atoms with van der Waals surface area (Å²) < 4.78 is 0. The molecule has 25 heavy (non-hydrogen) atoms. The van der Waals surface area contributed by atoms with Crippen LogP contribution < -0.4 is 5.73 Å². The van der Waals surface area contributed by atoms with Gasteiger partial charge in [0.05, 0.1) is 6.42 Å². The summed E-state index contributed by atoms with van der Waals surface area (Å²) in [7, 11) is 0. The summed E-state index contributed by atoms with van der Waals surface area (Å²) in [6.45, 7) is 2.42. The maximum atomic E-state index is 12.5. The zero-order valence-electron chi connectivity index (χ0n) is 14.5. The Hall–Kier alpha value is -1.59. The minimum Gasteiger partial charge on any atom is -0.339 e. The molecule has 1 heterocycles. The van der Waals surface area contributed by atoms with Crippen LogP contribution in [-0.2, 0) is 16.0 Å². The van der Waals surface area contributed by atoms with Crippen molar-refractivity contribution in [3.8, 4) is 0 Å². The molecule has 2 amide bonds. The van der Waals surface area contributed by atoms with E-state index in [-0.39, 0.29) is 17.9 Å². The van der Waals surface area contributed by atoms with Gasteiger partial charge in [0.25, 0.3) is 0 Å². The monoisotopic (exact) mass is 363 g/mol. The molecule has 1 aromatic rings. The van der Waals surface area contributed by atoms with Gasteiger partial charge in [0.2, 0.25) is 11.8 Å². The van der Waals surface area contributed by atoms with Crippen molar-refractivity contribution in [2.75, 3.05) is 26.2 Å². The number of carbonyl (C=O) groups excluding carboxylic acids is 2. The molecular formula is C19H26ClN3O2. The van der Waals surface area contributed by atoms with Crippen molar-refractivity contribution < 1.29 is 9.59 Å². The van der Waals surface area contributed by atoms with Crippen molar-refractivity contribution >= 4 is 23.4 Å². The number of amides is 2. The van der Waals surface area contributed by atoms with Gasteiger partial charge < -0.3 is 15.5 Å². The number of rotatable bonds is 4. The van der Waals surface area contributed by atoms with Gasteiger partial charge in [-0.1, -0.05) is 30.2 Å². The quantitative estimate of drug-likeness (QED) is 0.890. The summed E-state index contributed by atoms with van der Waals surface area (Å²) in [5, 5.41) is 0.644. The molecule has 0 aromatic heterocycles. The van der Waals surface area contributed by atoms with Crippen LogP contribution in [0.4, 0.5) is 0 Å². The van der Waals surface area contributed by atoms with Crippen molar-refractivity contribution in [1.29, 1.82) is 0 Å². The van der Waals surface area contributed by atoms with E-state index in [4.69, 9.17) is 17.3 Å². The lowest BCUT2D eigenvalue weighted by molar-refractivity contribution is -0.139. The molecule has 5 nitrogen and oxygen atoms in total. The number of halogens is 1. The topological polar surface area (TPSA) is 66.6 Å². The van der Waals surface area contributed by atoms with Crippen LogP contribution in [0.2, 0.25) is 5.02 Å². The van der Waals surface area contributed by atoms with Crippen LogP contribution >= 0.6 is 11.6 Å². The highest BCUT2D eigenvalue weighted by Gasteiger charge is 2.30. The lowest BCUT2D eigenvalue weighted by Crippen LogP contribution is -2.51. The van der Waals surface area contributed by atoms with Crippen LogP contribution in [0, 0.1) is 5.92 Å². The average molecular weight is 364 g/mol. The molecule has 2 fully saturated rings. The van der Waals surface area contributed by atoms with Gasteiger partial charge in [0, 0.05) is 43.7 Å². The van der Waals surface area contributed by atoms with E-state index in [1.807, 2.05) is 28.0 Å². The lowest BCUT2D eigenvalue weighted by atomic mass is 9.99. The van der Waals surface area contributed by atoms with E-state index in [1.54, 1.807) is 6.07 Å². The highest BCUT2D eigenvalue weighted by atomic mass is 35.5. The van der Waals surface area contributed by atoms with Crippen molar-refractivity contribution in [3.63, 3.8) is 0 Å². The number of piperazine rings is 1. The third-order valence-electron chi connectivity index (χ3n) is 5.38. The van der Waals surface area contributed by atoms with Gasteiger partial charge in [-0.2, -0.15) is 0 Å². The number of hydrogen-bond donors (Lipinski definition) is 1. The van der Waals surface area contributed by atoms with Gasteiger partial charge in [0.1, 0.15) is 0 Å². The minimum atomic E-state index is 0.0900. The van der Waals surface area contributed by atoms with Crippen LogP contribution in [0.3, 0.4) is 0 Å². The van der Waals surface area contributed by atoms with Crippen LogP contribution in [0.25, 0.3) is 0 Å². The van der Waals surface area contributed by atoms with Crippen LogP contribution in [0.15, 0.2) is 24.3 Å². The first-order valence-corrected chi connectivity index (χ1v) is 9.46. The molecule has 2 aliphatic rings. The standard InChI is InChI=1S/C19H26ClN3O2/c20-16-5-1-3-14(11-16)12-18(24)22-7-9-23(10-8-22)19(25)13-15-4-2-6-17(15)21/h1,3,5,11,15,17H,2,4,6-10,12-13,21H2/t15-,17+/m0/s1. The second kappa shape index (κ2) is 8.19. The molecule has 1 aliphatic carbocycles. The fraction of sp³-hybridized carbons (Fsp3) is 0.579. The highest BCUT2D eigenvalue weighted by molar-refractivity contribution is 6.30. The summed E-state index contributed by atoms with van der Waals surface area (Å²) >= 11 is 5.97. The van der Waals surface area contributed by atoms with Gasteiger partial charge in [-0.15, -0.1) is 0 Å². The molecule has 1 saturated carbocycles. The summed E-state index contributed by atoms with van der Waals surface area (Å²) in [4.78, 5) is 28.6. The Morgan fingerprint density at radius 1 is 1.08 bits per heavy atom. The second-order valence-corrected chi connectivity index (χ2v) is 7.56. The minimum absolute atomic E-state index is 0.0900. The fourth-order valence-corrected chi connectivity index (χ4v) is 4.02. The van der Waals surface area contributed by atoms with E-state index >= 15 is 0 Å². The number of nitrogens with zero attached hydrogens (tertiary/aromatic N) is 2. The number of nitrogens with two attached hydrogens (primary N) is 1. The van der Waals surface area contributed by atoms with E-state index < -0.39 is 0 Å². The molecule has 3 rings (SSSR count). The second-order valence-electron chi connectivity index (χ2n) is 7.13. The van der Waals surface area contributed by atoms with Gasteiger partial charge in [0.15, 0.2) is 0 Å². The molecule has 1 aromatic carbocycles. The number of carbonyl (C=O) groups is 2. The number of benzene rings is 1. The predicted molar refractivity (Wildman–Crippen MR) is 98.2 cm³/mol. The van der Waals surface area contributed by atoms with Crippen molar-refractivity contribution in [2.24, 2.45) is 11.7 Å². The van der Waals surface area contributed by atoms with Crippen LogP contribution in [-0.4, -0.2) is 53.8 Å². The Morgan fingerprint density at radius 3 is 2.36 bits per heavy atom. The summed E-state index contributed by atoms with van der Waals surface area (Å²) in [6, 6.07) is 7.56. The Labute approximate surface area is 154 Å². The first-order valence-electron chi connectivity index (χ1n) is 9.08.